The summed E-state index contributed by atoms with van der Waals surface area (Å²) < 4.78 is 0. The number of allylic oxidation sites excluding steroid dienone is 2. The van der Waals surface area contributed by atoms with Gasteiger partial charge in [0.1, 0.15) is 5.69 Å². The molecule has 13 heavy (non-hydrogen) atoms. The first-order valence-corrected chi connectivity index (χ1v) is 3.93. The maximum absolute atomic E-state index is 6.88. The lowest BCUT2D eigenvalue weighted by atomic mass is 10.1. The number of aromatic nitrogens is 2. The smallest absolute Gasteiger partial charge is 0.107 e. The lowest BCUT2D eigenvalue weighted by Gasteiger charge is -1.93. The number of nitrogens with one attached hydrogen (secondary N) is 2. The largest absolute Gasteiger partial charge is 0.309 e. The minimum Gasteiger partial charge on any atom is -0.309 e. The molecule has 0 saturated heterocycles. The minimum absolute atomic E-state index is 0.692. The van der Waals surface area contributed by atoms with Crippen LogP contribution in [0.2, 0.25) is 0 Å². The predicted molar refractivity (Wildman–Crippen MR) is 52.8 cm³/mol. The van der Waals surface area contributed by atoms with Gasteiger partial charge in [0.15, 0.2) is 0 Å². The molecule has 0 aliphatic rings. The highest BCUT2D eigenvalue weighted by atomic mass is 15.1. The van der Waals surface area contributed by atoms with Gasteiger partial charge in [-0.2, -0.15) is 5.10 Å². The quantitative estimate of drug-likeness (QED) is 0.528. The van der Waals surface area contributed by atoms with Gasteiger partial charge in [-0.25, -0.2) is 0 Å². The van der Waals surface area contributed by atoms with Crippen LogP contribution >= 0.6 is 0 Å². The van der Waals surface area contributed by atoms with Crippen molar-refractivity contribution in [2.75, 3.05) is 0 Å². The van der Waals surface area contributed by atoms with E-state index in [1.54, 1.807) is 6.08 Å². The minimum atomic E-state index is 0.692. The Labute approximate surface area is 77.4 Å². The lowest BCUT2D eigenvalue weighted by Crippen LogP contribution is -1.87. The summed E-state index contributed by atoms with van der Waals surface area (Å²) in [6.45, 7) is 1.95. The van der Waals surface area contributed by atoms with Crippen LogP contribution in [-0.2, 0) is 6.42 Å². The van der Waals surface area contributed by atoms with E-state index < -0.39 is 0 Å². The summed E-state index contributed by atoms with van der Waals surface area (Å²) in [6, 6.07) is 1.83. The van der Waals surface area contributed by atoms with Crippen LogP contribution in [-0.4, -0.2) is 16.4 Å². The van der Waals surface area contributed by atoms with Crippen molar-refractivity contribution in [3.05, 3.63) is 29.1 Å². The molecule has 3 nitrogen and oxygen atoms in total. The highest BCUT2D eigenvalue weighted by Gasteiger charge is 1.98. The molecule has 2 N–H and O–H groups in total. The van der Waals surface area contributed by atoms with E-state index >= 15 is 0 Å². The third-order valence-corrected chi connectivity index (χ3v) is 1.61. The fraction of sp³-hybridized carbons (Fsp3) is 0.200. The van der Waals surface area contributed by atoms with Gasteiger partial charge in [-0.3, -0.25) is 5.10 Å². The van der Waals surface area contributed by atoms with Crippen molar-refractivity contribution in [1.29, 1.82) is 5.41 Å². The molecule has 1 heterocycles. The number of terminal acetylenes is 1. The molecular formula is C10H11N3. The van der Waals surface area contributed by atoms with Crippen LogP contribution in [0.25, 0.3) is 0 Å². The summed E-state index contributed by atoms with van der Waals surface area (Å²) in [4.78, 5) is 0. The molecule has 0 unspecified atom stereocenters. The molecule has 66 valence electrons. The monoisotopic (exact) mass is 173 g/mol. The molecular weight excluding hydrogens is 162 g/mol. The van der Waals surface area contributed by atoms with Crippen molar-refractivity contribution in [3.8, 4) is 12.3 Å². The lowest BCUT2D eigenvalue weighted by molar-refractivity contribution is 0.981. The third-order valence-electron chi connectivity index (χ3n) is 1.61. The second kappa shape index (κ2) is 4.27. The van der Waals surface area contributed by atoms with E-state index in [9.17, 15) is 0 Å². The van der Waals surface area contributed by atoms with Gasteiger partial charge in [0.05, 0.1) is 5.69 Å². The topological polar surface area (TPSA) is 52.5 Å². The predicted octanol–water partition coefficient (Wildman–Crippen LogP) is 1.53. The highest BCUT2D eigenvalue weighted by molar-refractivity contribution is 5.68. The summed E-state index contributed by atoms with van der Waals surface area (Å²) in [5.41, 5.74) is 2.69. The molecule has 1 rings (SSSR count). The summed E-state index contributed by atoms with van der Waals surface area (Å²) in [5.74, 6) is 2.47. The average molecular weight is 173 g/mol. The molecule has 1 aromatic rings. The van der Waals surface area contributed by atoms with Crippen molar-refractivity contribution >= 4 is 6.21 Å². The van der Waals surface area contributed by atoms with Gasteiger partial charge < -0.3 is 5.41 Å². The van der Waals surface area contributed by atoms with Crippen LogP contribution in [0.5, 0.6) is 0 Å². The number of aromatic amines is 1. The SMILES string of the molecule is C#Cc1cc(C/C(C)=C/C=N)n[nH]1. The van der Waals surface area contributed by atoms with Gasteiger partial charge in [-0.15, -0.1) is 6.42 Å². The normalized spacial score (nSPS) is 10.9. The zero-order valence-corrected chi connectivity index (χ0v) is 7.46. The van der Waals surface area contributed by atoms with E-state index in [1.165, 1.54) is 6.21 Å². The fourth-order valence-corrected chi connectivity index (χ4v) is 1.01. The van der Waals surface area contributed by atoms with Crippen LogP contribution in [0.1, 0.15) is 18.3 Å². The van der Waals surface area contributed by atoms with E-state index in [0.29, 0.717) is 5.69 Å². The van der Waals surface area contributed by atoms with Crippen molar-refractivity contribution in [3.63, 3.8) is 0 Å². The molecule has 3 heteroatoms. The summed E-state index contributed by atoms with van der Waals surface area (Å²) in [6.07, 6.45) is 8.92. The molecule has 0 amide bonds. The fourth-order valence-electron chi connectivity index (χ4n) is 1.01. The molecule has 0 atom stereocenters. The molecule has 0 aliphatic heterocycles. The Kier molecular flexibility index (Phi) is 3.04. The van der Waals surface area contributed by atoms with Gasteiger partial charge >= 0.3 is 0 Å². The van der Waals surface area contributed by atoms with Crippen molar-refractivity contribution in [1.82, 2.24) is 10.2 Å². The Balaban J connectivity index is 2.70. The Morgan fingerprint density at radius 2 is 2.62 bits per heavy atom. The standard InChI is InChI=1S/C10H11N3/c1-3-9-7-10(13-12-9)6-8(2)4-5-11/h1,4-5,7,11H,6H2,2H3,(H,12,13)/b8-4+,11-5?. The number of rotatable bonds is 3. The van der Waals surface area contributed by atoms with E-state index in [-0.39, 0.29) is 0 Å². The van der Waals surface area contributed by atoms with Gasteiger partial charge in [0.25, 0.3) is 0 Å². The molecule has 0 aliphatic carbocycles. The molecule has 0 radical (unpaired) electrons. The van der Waals surface area contributed by atoms with Gasteiger partial charge in [-0.1, -0.05) is 11.5 Å². The number of hydrogen-bond donors (Lipinski definition) is 2. The van der Waals surface area contributed by atoms with Crippen LogP contribution in [0.3, 0.4) is 0 Å². The Hall–Kier alpha value is -1.82. The average Bonchev–Trinajstić information content (AvgIpc) is 2.52. The third kappa shape index (κ3) is 2.60. The first-order chi connectivity index (χ1) is 6.26. The van der Waals surface area contributed by atoms with Crippen LogP contribution in [0.15, 0.2) is 17.7 Å². The molecule has 0 bridgehead atoms. The molecule has 0 aromatic carbocycles. The van der Waals surface area contributed by atoms with Gasteiger partial charge in [-0.05, 0) is 19.1 Å². The van der Waals surface area contributed by atoms with Crippen LogP contribution in [0, 0.1) is 17.8 Å². The molecule has 0 fully saturated rings. The van der Waals surface area contributed by atoms with Crippen molar-refractivity contribution < 1.29 is 0 Å². The second-order valence-corrected chi connectivity index (χ2v) is 2.77. The van der Waals surface area contributed by atoms with Gasteiger partial charge in [0.2, 0.25) is 0 Å². The Morgan fingerprint density at radius 1 is 1.85 bits per heavy atom. The first kappa shape index (κ1) is 9.27. The van der Waals surface area contributed by atoms with E-state index in [2.05, 4.69) is 16.1 Å². The molecule has 1 aromatic heterocycles. The summed E-state index contributed by atoms with van der Waals surface area (Å²) in [7, 11) is 0. The van der Waals surface area contributed by atoms with Crippen molar-refractivity contribution in [2.24, 2.45) is 0 Å². The van der Waals surface area contributed by atoms with Crippen LogP contribution in [0.4, 0.5) is 0 Å². The van der Waals surface area contributed by atoms with E-state index in [1.807, 2.05) is 13.0 Å². The van der Waals surface area contributed by atoms with Crippen molar-refractivity contribution in [2.45, 2.75) is 13.3 Å². The first-order valence-electron chi connectivity index (χ1n) is 3.93. The van der Waals surface area contributed by atoms with E-state index in [4.69, 9.17) is 11.8 Å². The number of H-pyrrole nitrogens is 1. The second-order valence-electron chi connectivity index (χ2n) is 2.77. The zero-order chi connectivity index (χ0) is 9.68. The Morgan fingerprint density at radius 3 is 3.15 bits per heavy atom. The Bertz CT molecular complexity index is 366. The summed E-state index contributed by atoms with van der Waals surface area (Å²) in [5, 5.41) is 13.6. The summed E-state index contributed by atoms with van der Waals surface area (Å²) >= 11 is 0. The molecule has 0 saturated carbocycles. The number of nitrogens with zero attached hydrogens (tertiary/aromatic N) is 1. The molecule has 0 spiro atoms. The van der Waals surface area contributed by atoms with E-state index in [0.717, 1.165) is 17.7 Å². The van der Waals surface area contributed by atoms with Gasteiger partial charge in [0, 0.05) is 12.6 Å². The number of hydrogen-bond acceptors (Lipinski definition) is 2. The zero-order valence-electron chi connectivity index (χ0n) is 7.46. The highest BCUT2D eigenvalue weighted by Crippen LogP contribution is 2.05. The van der Waals surface area contributed by atoms with Crippen LogP contribution < -0.4 is 0 Å². The maximum Gasteiger partial charge on any atom is 0.107 e. The maximum atomic E-state index is 6.88.